The molecule has 0 atom stereocenters. The third kappa shape index (κ3) is 26.6. The molecule has 1 rings (SSSR count). The molecule has 1 aromatic rings. The Bertz CT molecular complexity index is 664. The Morgan fingerprint density at radius 2 is 1.22 bits per heavy atom. The largest absolute Gasteiger partial charge is 1.00 e. The van der Waals surface area contributed by atoms with Gasteiger partial charge >= 0.3 is 59.1 Å². The van der Waals surface area contributed by atoms with Crippen molar-refractivity contribution in [3.63, 3.8) is 0 Å². The molecule has 1 aromatic carbocycles. The van der Waals surface area contributed by atoms with E-state index in [0.29, 0.717) is 0 Å². The predicted octanol–water partition coefficient (Wildman–Crippen LogP) is -0.627. The van der Waals surface area contributed by atoms with Gasteiger partial charge in [0.05, 0.1) is 4.90 Å². The molecule has 0 heterocycles. The molecule has 0 saturated carbocycles. The van der Waals surface area contributed by atoms with E-state index in [1.807, 2.05) is 0 Å². The van der Waals surface area contributed by atoms with Crippen molar-refractivity contribution in [3.8, 4) is 0 Å². The number of carboxylic acids is 1. The summed E-state index contributed by atoms with van der Waals surface area (Å²) in [4.78, 5) is 10.0. The van der Waals surface area contributed by atoms with Gasteiger partial charge in [-0.3, -0.25) is 0 Å². The van der Waals surface area contributed by atoms with Crippen molar-refractivity contribution in [1.29, 1.82) is 0 Å². The molecular formula is C24H38Na2O5S. The maximum Gasteiger partial charge on any atom is 1.00 e. The van der Waals surface area contributed by atoms with Crippen LogP contribution in [-0.2, 0) is 14.9 Å². The molecule has 172 valence electrons. The second-order valence-corrected chi connectivity index (χ2v) is 8.85. The first-order chi connectivity index (χ1) is 14.4. The molecule has 0 aliphatic carbocycles. The quantitative estimate of drug-likeness (QED) is 0.135. The summed E-state index contributed by atoms with van der Waals surface area (Å²) in [6.07, 6.45) is 20.9. The van der Waals surface area contributed by atoms with E-state index >= 15 is 0 Å². The zero-order chi connectivity index (χ0) is 22.5. The number of carboxylic acid groups (broad SMARTS) is 1. The third-order valence-electron chi connectivity index (χ3n) is 4.67. The SMILES string of the molecule is CCCCCCCC/C=C\CCCCCCCC(=O)[O-].O=S(=O)([O-])c1ccccc1.[Na+].[Na+]. The topological polar surface area (TPSA) is 97.3 Å². The minimum absolute atomic E-state index is 0. The molecule has 0 saturated heterocycles. The minimum Gasteiger partial charge on any atom is -0.744 e. The Labute approximate surface area is 240 Å². The monoisotopic (exact) mass is 484 g/mol. The van der Waals surface area contributed by atoms with Gasteiger partial charge in [0.15, 0.2) is 0 Å². The number of carbonyl (C=O) groups is 1. The van der Waals surface area contributed by atoms with Crippen LogP contribution in [0, 0.1) is 0 Å². The summed E-state index contributed by atoms with van der Waals surface area (Å²) in [5.74, 6) is -0.914. The van der Waals surface area contributed by atoms with Gasteiger partial charge in [-0.05, 0) is 50.7 Å². The predicted molar refractivity (Wildman–Crippen MR) is 119 cm³/mol. The van der Waals surface area contributed by atoms with Gasteiger partial charge in [0, 0.05) is 5.97 Å². The molecule has 0 unspecified atom stereocenters. The van der Waals surface area contributed by atoms with E-state index in [1.54, 1.807) is 6.07 Å². The number of rotatable bonds is 16. The van der Waals surface area contributed by atoms with Crippen LogP contribution in [0.1, 0.15) is 96.8 Å². The van der Waals surface area contributed by atoms with Crippen LogP contribution in [-0.4, -0.2) is 18.9 Å². The summed E-state index contributed by atoms with van der Waals surface area (Å²) in [6, 6.07) is 7.19. The number of aliphatic carboxylic acids is 1. The van der Waals surface area contributed by atoms with Crippen LogP contribution in [0.25, 0.3) is 0 Å². The minimum atomic E-state index is -4.25. The fourth-order valence-electron chi connectivity index (χ4n) is 2.93. The summed E-state index contributed by atoms with van der Waals surface area (Å²) in [7, 11) is -4.25. The van der Waals surface area contributed by atoms with Crippen LogP contribution in [0.4, 0.5) is 0 Å². The fourth-order valence-corrected chi connectivity index (χ4v) is 3.42. The van der Waals surface area contributed by atoms with E-state index in [1.165, 1.54) is 88.5 Å². The maximum atomic E-state index is 10.3. The Balaban J connectivity index is -0.000000591. The Hall–Kier alpha value is 0.340. The van der Waals surface area contributed by atoms with Crippen LogP contribution in [0.3, 0.4) is 0 Å². The normalized spacial score (nSPS) is 10.6. The second-order valence-electron chi connectivity index (χ2n) is 7.47. The van der Waals surface area contributed by atoms with Crippen molar-refractivity contribution >= 4 is 16.1 Å². The van der Waals surface area contributed by atoms with E-state index in [4.69, 9.17) is 0 Å². The number of carbonyl (C=O) groups excluding carboxylic acids is 1. The zero-order valence-corrected chi connectivity index (χ0v) is 25.2. The smallest absolute Gasteiger partial charge is 0.744 e. The summed E-state index contributed by atoms with van der Waals surface area (Å²) in [5, 5.41) is 10.2. The number of hydrogen-bond donors (Lipinski definition) is 0. The number of allylic oxidation sites excluding steroid dienone is 2. The Morgan fingerprint density at radius 1 is 0.781 bits per heavy atom. The van der Waals surface area contributed by atoms with Gasteiger partial charge in [0.1, 0.15) is 10.1 Å². The van der Waals surface area contributed by atoms with Crippen molar-refractivity contribution in [2.24, 2.45) is 0 Å². The van der Waals surface area contributed by atoms with Crippen LogP contribution >= 0.6 is 0 Å². The first kappa shape index (κ1) is 36.9. The third-order valence-corrected chi connectivity index (χ3v) is 5.52. The molecule has 0 amide bonds. The van der Waals surface area contributed by atoms with Crippen LogP contribution in [0.2, 0.25) is 0 Å². The summed E-state index contributed by atoms with van der Waals surface area (Å²) < 4.78 is 30.8. The Kier molecular flexibility index (Phi) is 29.9. The first-order valence-electron chi connectivity index (χ1n) is 11.2. The van der Waals surface area contributed by atoms with Crippen molar-refractivity contribution in [1.82, 2.24) is 0 Å². The average Bonchev–Trinajstić information content (AvgIpc) is 2.71. The van der Waals surface area contributed by atoms with Crippen LogP contribution in [0.5, 0.6) is 0 Å². The molecule has 0 N–H and O–H groups in total. The number of unbranched alkanes of at least 4 members (excludes halogenated alkanes) is 11. The molecule has 0 aromatic heterocycles. The standard InChI is InChI=1S/C18H34O2.C6H6O3S.2Na/c1-2-3-4-5-6-7-8-9-10-11-12-13-14-15-16-17-18(19)20;7-10(8,9)6-4-2-1-3-5-6;;/h9-10H,2-8,11-17H2,1H3,(H,19,20);1-5H,(H,7,8,9);;/q;;2*+1/p-2/b10-9-;;;. The summed E-state index contributed by atoms with van der Waals surface area (Å²) in [6.45, 7) is 2.26. The van der Waals surface area contributed by atoms with Gasteiger partial charge in [-0.15, -0.1) is 0 Å². The maximum absolute atomic E-state index is 10.3. The van der Waals surface area contributed by atoms with Gasteiger partial charge in [-0.25, -0.2) is 8.42 Å². The van der Waals surface area contributed by atoms with Crippen molar-refractivity contribution in [2.45, 2.75) is 102 Å². The van der Waals surface area contributed by atoms with Gasteiger partial charge in [-0.2, -0.15) is 0 Å². The molecule has 0 spiro atoms. The van der Waals surface area contributed by atoms with E-state index in [9.17, 15) is 22.9 Å². The van der Waals surface area contributed by atoms with Crippen molar-refractivity contribution in [2.75, 3.05) is 0 Å². The van der Waals surface area contributed by atoms with Gasteiger partial charge in [0.25, 0.3) is 0 Å². The van der Waals surface area contributed by atoms with Gasteiger partial charge in [-0.1, -0.05) is 88.6 Å². The zero-order valence-electron chi connectivity index (χ0n) is 20.4. The van der Waals surface area contributed by atoms with Gasteiger partial charge in [0.2, 0.25) is 0 Å². The summed E-state index contributed by atoms with van der Waals surface area (Å²) in [5.41, 5.74) is 0. The molecule has 0 aliphatic rings. The molecule has 8 heteroatoms. The van der Waals surface area contributed by atoms with Gasteiger partial charge < -0.3 is 14.5 Å². The second kappa shape index (κ2) is 26.0. The van der Waals surface area contributed by atoms with Crippen molar-refractivity contribution < 1.29 is 82.0 Å². The molecule has 0 bridgehead atoms. The number of hydrogen-bond acceptors (Lipinski definition) is 5. The molecule has 0 fully saturated rings. The molecule has 5 nitrogen and oxygen atoms in total. The van der Waals surface area contributed by atoms with E-state index < -0.39 is 16.1 Å². The number of benzene rings is 1. The van der Waals surface area contributed by atoms with E-state index in [2.05, 4.69) is 19.1 Å². The van der Waals surface area contributed by atoms with Crippen LogP contribution < -0.4 is 64.2 Å². The Morgan fingerprint density at radius 3 is 1.62 bits per heavy atom. The molecule has 32 heavy (non-hydrogen) atoms. The molecule has 0 radical (unpaired) electrons. The van der Waals surface area contributed by atoms with E-state index in [-0.39, 0.29) is 70.4 Å². The van der Waals surface area contributed by atoms with Crippen molar-refractivity contribution in [3.05, 3.63) is 42.5 Å². The molecular weight excluding hydrogens is 446 g/mol. The first-order valence-corrected chi connectivity index (χ1v) is 12.6. The molecule has 0 aliphatic heterocycles. The average molecular weight is 485 g/mol. The van der Waals surface area contributed by atoms with E-state index in [0.717, 1.165) is 19.3 Å². The fraction of sp³-hybridized carbons (Fsp3) is 0.625. The summed E-state index contributed by atoms with van der Waals surface area (Å²) >= 11 is 0. The van der Waals surface area contributed by atoms with Crippen LogP contribution in [0.15, 0.2) is 47.4 Å².